The normalized spacial score (nSPS) is 27.4. The molecule has 0 aromatic rings. The molecule has 0 radical (unpaired) electrons. The van der Waals surface area contributed by atoms with Gasteiger partial charge in [0.2, 0.25) is 0 Å². The number of rotatable bonds is 6. The maximum absolute atomic E-state index is 5.85. The van der Waals surface area contributed by atoms with Crippen LogP contribution in [0.25, 0.3) is 0 Å². The zero-order valence-corrected chi connectivity index (χ0v) is 9.54. The monoisotopic (exact) mass is 200 g/mol. The summed E-state index contributed by atoms with van der Waals surface area (Å²) < 4.78 is 5.85. The standard InChI is InChI=1S/C11H24N2O/c1-13(2)7-4-8-14-11-6-3-5-10(11)9-12/h10-11H,3-9,12H2,1-2H3. The molecular weight excluding hydrogens is 176 g/mol. The molecule has 1 saturated carbocycles. The Bertz CT molecular complexity index is 150. The number of hydrogen-bond acceptors (Lipinski definition) is 3. The number of nitrogens with two attached hydrogens (primary N) is 1. The van der Waals surface area contributed by atoms with Gasteiger partial charge in [0.05, 0.1) is 6.10 Å². The summed E-state index contributed by atoms with van der Waals surface area (Å²) in [5.74, 6) is 0.620. The highest BCUT2D eigenvalue weighted by atomic mass is 16.5. The Labute approximate surface area is 87.6 Å². The van der Waals surface area contributed by atoms with Crippen LogP contribution in [0.15, 0.2) is 0 Å². The second kappa shape index (κ2) is 6.38. The van der Waals surface area contributed by atoms with Gasteiger partial charge in [0.1, 0.15) is 0 Å². The van der Waals surface area contributed by atoms with Crippen molar-refractivity contribution >= 4 is 0 Å². The second-order valence-corrected chi connectivity index (χ2v) is 4.49. The maximum Gasteiger partial charge on any atom is 0.0615 e. The number of ether oxygens (including phenoxy) is 1. The van der Waals surface area contributed by atoms with Gasteiger partial charge in [-0.25, -0.2) is 0 Å². The maximum atomic E-state index is 5.85. The predicted molar refractivity (Wildman–Crippen MR) is 59.3 cm³/mol. The molecule has 3 heteroatoms. The fraction of sp³-hybridized carbons (Fsp3) is 1.00. The van der Waals surface area contributed by atoms with E-state index in [1.54, 1.807) is 0 Å². The van der Waals surface area contributed by atoms with Crippen LogP contribution in [-0.2, 0) is 4.74 Å². The van der Waals surface area contributed by atoms with Crippen molar-refractivity contribution in [2.24, 2.45) is 11.7 Å². The van der Waals surface area contributed by atoms with Crippen LogP contribution in [0.3, 0.4) is 0 Å². The zero-order chi connectivity index (χ0) is 10.4. The van der Waals surface area contributed by atoms with Crippen molar-refractivity contribution in [3.8, 4) is 0 Å². The van der Waals surface area contributed by atoms with Crippen molar-refractivity contribution in [1.29, 1.82) is 0 Å². The molecule has 84 valence electrons. The average Bonchev–Trinajstić information content (AvgIpc) is 2.59. The number of nitrogens with zero attached hydrogens (tertiary/aromatic N) is 1. The summed E-state index contributed by atoms with van der Waals surface area (Å²) in [7, 11) is 4.19. The van der Waals surface area contributed by atoms with Gasteiger partial charge in [0, 0.05) is 6.61 Å². The van der Waals surface area contributed by atoms with Crippen molar-refractivity contribution in [2.75, 3.05) is 33.8 Å². The fourth-order valence-corrected chi connectivity index (χ4v) is 2.11. The minimum Gasteiger partial charge on any atom is -0.378 e. The van der Waals surface area contributed by atoms with E-state index in [-0.39, 0.29) is 0 Å². The van der Waals surface area contributed by atoms with E-state index < -0.39 is 0 Å². The molecule has 1 aliphatic rings. The summed E-state index contributed by atoms with van der Waals surface area (Å²) in [6, 6.07) is 0. The highest BCUT2D eigenvalue weighted by Gasteiger charge is 2.26. The first-order valence-electron chi connectivity index (χ1n) is 5.70. The summed E-state index contributed by atoms with van der Waals surface area (Å²) in [4.78, 5) is 2.19. The Morgan fingerprint density at radius 2 is 2.14 bits per heavy atom. The van der Waals surface area contributed by atoms with Crippen LogP contribution in [-0.4, -0.2) is 44.8 Å². The van der Waals surface area contributed by atoms with Gasteiger partial charge in [-0.15, -0.1) is 0 Å². The summed E-state index contributed by atoms with van der Waals surface area (Å²) in [6.45, 7) is 2.79. The van der Waals surface area contributed by atoms with Crippen LogP contribution < -0.4 is 5.73 Å². The Hall–Kier alpha value is -0.120. The van der Waals surface area contributed by atoms with Gasteiger partial charge in [0.25, 0.3) is 0 Å². The lowest BCUT2D eigenvalue weighted by atomic mass is 10.1. The second-order valence-electron chi connectivity index (χ2n) is 4.49. The molecule has 2 N–H and O–H groups in total. The van der Waals surface area contributed by atoms with Gasteiger partial charge in [-0.3, -0.25) is 0 Å². The first-order chi connectivity index (χ1) is 6.74. The third-order valence-electron chi connectivity index (χ3n) is 2.97. The van der Waals surface area contributed by atoms with Crippen molar-refractivity contribution in [3.63, 3.8) is 0 Å². The summed E-state index contributed by atoms with van der Waals surface area (Å²) in [6.07, 6.45) is 5.34. The van der Waals surface area contributed by atoms with E-state index in [1.165, 1.54) is 19.3 Å². The van der Waals surface area contributed by atoms with E-state index in [9.17, 15) is 0 Å². The summed E-state index contributed by atoms with van der Waals surface area (Å²) >= 11 is 0. The van der Waals surface area contributed by atoms with Gasteiger partial charge in [-0.1, -0.05) is 6.42 Å². The molecule has 0 heterocycles. The molecule has 2 atom stereocenters. The molecule has 1 aliphatic carbocycles. The third-order valence-corrected chi connectivity index (χ3v) is 2.97. The molecule has 1 fully saturated rings. The molecule has 0 amide bonds. The average molecular weight is 200 g/mol. The van der Waals surface area contributed by atoms with Crippen molar-refractivity contribution in [2.45, 2.75) is 31.8 Å². The lowest BCUT2D eigenvalue weighted by Crippen LogP contribution is -2.26. The van der Waals surface area contributed by atoms with Crippen LogP contribution in [0.4, 0.5) is 0 Å². The van der Waals surface area contributed by atoms with Gasteiger partial charge < -0.3 is 15.4 Å². The highest BCUT2D eigenvalue weighted by molar-refractivity contribution is 4.78. The molecule has 3 nitrogen and oxygen atoms in total. The van der Waals surface area contributed by atoms with Gasteiger partial charge in [-0.05, 0) is 52.4 Å². The molecule has 0 spiro atoms. The summed E-state index contributed by atoms with van der Waals surface area (Å²) in [5.41, 5.74) is 5.69. The smallest absolute Gasteiger partial charge is 0.0615 e. The quantitative estimate of drug-likeness (QED) is 0.652. The first-order valence-corrected chi connectivity index (χ1v) is 5.70. The van der Waals surface area contributed by atoms with Crippen molar-refractivity contribution < 1.29 is 4.74 Å². The predicted octanol–water partition coefficient (Wildman–Crippen LogP) is 1.08. The largest absolute Gasteiger partial charge is 0.378 e. The van der Waals surface area contributed by atoms with E-state index in [0.717, 1.165) is 26.1 Å². The Morgan fingerprint density at radius 1 is 1.36 bits per heavy atom. The number of hydrogen-bond donors (Lipinski definition) is 1. The third kappa shape index (κ3) is 3.95. The molecule has 0 aromatic heterocycles. The lowest BCUT2D eigenvalue weighted by molar-refractivity contribution is 0.0265. The molecule has 0 saturated heterocycles. The molecule has 0 aromatic carbocycles. The lowest BCUT2D eigenvalue weighted by Gasteiger charge is -2.19. The molecule has 14 heavy (non-hydrogen) atoms. The topological polar surface area (TPSA) is 38.5 Å². The highest BCUT2D eigenvalue weighted by Crippen LogP contribution is 2.27. The molecule has 0 bridgehead atoms. The van der Waals surface area contributed by atoms with Crippen LogP contribution in [0, 0.1) is 5.92 Å². The van der Waals surface area contributed by atoms with Crippen LogP contribution in [0.1, 0.15) is 25.7 Å². The van der Waals surface area contributed by atoms with E-state index in [1.807, 2.05) is 0 Å². The van der Waals surface area contributed by atoms with Crippen LogP contribution >= 0.6 is 0 Å². The Balaban J connectivity index is 2.05. The van der Waals surface area contributed by atoms with Gasteiger partial charge >= 0.3 is 0 Å². The van der Waals surface area contributed by atoms with Crippen LogP contribution in [0.5, 0.6) is 0 Å². The van der Waals surface area contributed by atoms with E-state index in [4.69, 9.17) is 10.5 Å². The zero-order valence-electron chi connectivity index (χ0n) is 9.54. The molecule has 0 aliphatic heterocycles. The van der Waals surface area contributed by atoms with E-state index in [2.05, 4.69) is 19.0 Å². The Kier molecular flexibility index (Phi) is 5.45. The minimum atomic E-state index is 0.446. The fourth-order valence-electron chi connectivity index (χ4n) is 2.11. The van der Waals surface area contributed by atoms with Crippen molar-refractivity contribution in [1.82, 2.24) is 4.90 Å². The van der Waals surface area contributed by atoms with Gasteiger partial charge in [-0.2, -0.15) is 0 Å². The van der Waals surface area contributed by atoms with E-state index >= 15 is 0 Å². The molecule has 1 rings (SSSR count). The van der Waals surface area contributed by atoms with Gasteiger partial charge in [0.15, 0.2) is 0 Å². The van der Waals surface area contributed by atoms with Crippen LogP contribution in [0.2, 0.25) is 0 Å². The summed E-state index contributed by atoms with van der Waals surface area (Å²) in [5, 5.41) is 0. The van der Waals surface area contributed by atoms with Crippen molar-refractivity contribution in [3.05, 3.63) is 0 Å². The SMILES string of the molecule is CN(C)CCCOC1CCCC1CN. The first kappa shape index (κ1) is 12.0. The molecular formula is C11H24N2O. The minimum absolute atomic E-state index is 0.446. The Morgan fingerprint density at radius 3 is 2.79 bits per heavy atom. The molecule has 2 unspecified atom stereocenters. The van der Waals surface area contributed by atoms with E-state index in [0.29, 0.717) is 12.0 Å².